The van der Waals surface area contributed by atoms with Crippen molar-refractivity contribution in [2.45, 2.75) is 45.6 Å². The van der Waals surface area contributed by atoms with Crippen LogP contribution in [0.25, 0.3) is 0 Å². The number of ether oxygens (including phenoxy) is 1. The molecule has 2 rings (SSSR count). The van der Waals surface area contributed by atoms with E-state index in [0.717, 1.165) is 19.5 Å². The number of likely N-dealkylation sites (tertiary alicyclic amines) is 1. The maximum atomic E-state index is 12.2. The smallest absolute Gasteiger partial charge is 0.311 e. The average Bonchev–Trinajstić information content (AvgIpc) is 2.60. The van der Waals surface area contributed by atoms with Crippen LogP contribution in [0.1, 0.15) is 49.9 Å². The van der Waals surface area contributed by atoms with Crippen molar-refractivity contribution in [3.05, 3.63) is 33.9 Å². The molecule has 1 aliphatic rings. The van der Waals surface area contributed by atoms with E-state index in [-0.39, 0.29) is 22.9 Å². The molecule has 1 N–H and O–H groups in total. The van der Waals surface area contributed by atoms with Crippen molar-refractivity contribution >= 4 is 11.6 Å². The second-order valence-electron chi connectivity index (χ2n) is 6.36. The molecule has 0 saturated carbocycles. The van der Waals surface area contributed by atoms with Gasteiger partial charge in [-0.2, -0.15) is 0 Å². The van der Waals surface area contributed by atoms with Crippen molar-refractivity contribution in [2.24, 2.45) is 0 Å². The lowest BCUT2D eigenvalue weighted by Crippen LogP contribution is -2.39. The van der Waals surface area contributed by atoms with Crippen molar-refractivity contribution in [1.29, 1.82) is 0 Å². The number of nitrogens with zero attached hydrogens (tertiary/aromatic N) is 2. The summed E-state index contributed by atoms with van der Waals surface area (Å²) in [4.78, 5) is 25.3. The summed E-state index contributed by atoms with van der Waals surface area (Å²) in [7, 11) is 0. The fourth-order valence-corrected chi connectivity index (χ4v) is 3.15. The van der Waals surface area contributed by atoms with E-state index in [1.165, 1.54) is 31.4 Å². The molecule has 0 unspecified atom stereocenters. The van der Waals surface area contributed by atoms with E-state index in [4.69, 9.17) is 4.74 Å². The van der Waals surface area contributed by atoms with Crippen molar-refractivity contribution in [1.82, 2.24) is 10.2 Å². The first kappa shape index (κ1) is 19.2. The van der Waals surface area contributed by atoms with E-state index in [0.29, 0.717) is 19.2 Å². The number of rotatable bonds is 8. The molecule has 1 amide bonds. The molecule has 0 aliphatic carbocycles. The van der Waals surface area contributed by atoms with Crippen LogP contribution < -0.4 is 10.1 Å². The second kappa shape index (κ2) is 9.36. The molecule has 138 valence electrons. The Morgan fingerprint density at radius 2 is 2.24 bits per heavy atom. The fraction of sp³-hybridized carbons (Fsp3) is 0.611. The van der Waals surface area contributed by atoms with Crippen LogP contribution in [0.2, 0.25) is 0 Å². The van der Waals surface area contributed by atoms with Crippen LogP contribution in [-0.2, 0) is 0 Å². The normalized spacial score (nSPS) is 17.9. The SMILES string of the molecule is CCOc1ccc(C(=O)NCCCN2CCCC[C@H]2C)cc1[N+](=O)[O-]. The molecule has 1 heterocycles. The summed E-state index contributed by atoms with van der Waals surface area (Å²) in [5.74, 6) is -0.110. The number of amides is 1. The van der Waals surface area contributed by atoms with Crippen LogP contribution in [0.15, 0.2) is 18.2 Å². The fourth-order valence-electron chi connectivity index (χ4n) is 3.15. The Kier molecular flexibility index (Phi) is 7.18. The molecule has 1 saturated heterocycles. The minimum absolute atomic E-state index is 0.183. The van der Waals surface area contributed by atoms with Crippen molar-refractivity contribution in [2.75, 3.05) is 26.2 Å². The van der Waals surface area contributed by atoms with Gasteiger partial charge in [-0.1, -0.05) is 6.42 Å². The maximum Gasteiger partial charge on any atom is 0.311 e. The molecule has 7 heteroatoms. The summed E-state index contributed by atoms with van der Waals surface area (Å²) < 4.78 is 5.23. The molecule has 7 nitrogen and oxygen atoms in total. The van der Waals surface area contributed by atoms with Gasteiger partial charge in [-0.05, 0) is 51.8 Å². The zero-order valence-electron chi connectivity index (χ0n) is 15.0. The van der Waals surface area contributed by atoms with Gasteiger partial charge in [-0.25, -0.2) is 0 Å². The van der Waals surface area contributed by atoms with Gasteiger partial charge >= 0.3 is 5.69 Å². The third kappa shape index (κ3) is 5.42. The number of nitrogens with one attached hydrogen (secondary N) is 1. The monoisotopic (exact) mass is 349 g/mol. The van der Waals surface area contributed by atoms with Gasteiger partial charge in [0.15, 0.2) is 5.75 Å². The highest BCUT2D eigenvalue weighted by Crippen LogP contribution is 2.27. The molecule has 0 spiro atoms. The summed E-state index contributed by atoms with van der Waals surface area (Å²) in [5, 5.41) is 14.0. The molecule has 0 radical (unpaired) electrons. The summed E-state index contributed by atoms with van der Waals surface area (Å²) in [6.07, 6.45) is 4.65. The summed E-state index contributed by atoms with van der Waals surface area (Å²) in [6, 6.07) is 4.91. The standard InChI is InChI=1S/C18H27N3O4/c1-3-25-17-9-8-15(13-16(17)21(23)24)18(22)19-10-6-12-20-11-5-4-7-14(20)2/h8-9,13-14H,3-7,10-12H2,1-2H3,(H,19,22)/t14-/m1/s1. The molecular weight excluding hydrogens is 322 g/mol. The number of carbonyl (C=O) groups is 1. The Labute approximate surface area is 148 Å². The molecule has 1 aromatic carbocycles. The van der Waals surface area contributed by atoms with Gasteiger partial charge in [0.1, 0.15) is 0 Å². The molecule has 1 atom stereocenters. The largest absolute Gasteiger partial charge is 0.487 e. The van der Waals surface area contributed by atoms with Crippen molar-refractivity contribution < 1.29 is 14.5 Å². The van der Waals surface area contributed by atoms with Crippen LogP contribution in [0.5, 0.6) is 5.75 Å². The highest BCUT2D eigenvalue weighted by molar-refractivity contribution is 5.95. The first-order valence-corrected chi connectivity index (χ1v) is 8.96. The van der Waals surface area contributed by atoms with Gasteiger partial charge in [0.2, 0.25) is 0 Å². The maximum absolute atomic E-state index is 12.2. The summed E-state index contributed by atoms with van der Waals surface area (Å²) in [5.41, 5.74) is 0.0955. The molecule has 1 fully saturated rings. The van der Waals surface area contributed by atoms with Gasteiger partial charge in [0.25, 0.3) is 5.91 Å². The number of hydrogen-bond acceptors (Lipinski definition) is 5. The van der Waals surface area contributed by atoms with Crippen LogP contribution >= 0.6 is 0 Å². The van der Waals surface area contributed by atoms with Crippen molar-refractivity contribution in [3.63, 3.8) is 0 Å². The zero-order valence-corrected chi connectivity index (χ0v) is 15.0. The number of piperidine rings is 1. The molecule has 0 bridgehead atoms. The lowest BCUT2D eigenvalue weighted by molar-refractivity contribution is -0.385. The van der Waals surface area contributed by atoms with Gasteiger partial charge in [-0.3, -0.25) is 14.9 Å². The van der Waals surface area contributed by atoms with Crippen molar-refractivity contribution in [3.8, 4) is 5.75 Å². The van der Waals surface area contributed by atoms with E-state index in [2.05, 4.69) is 17.1 Å². The number of hydrogen-bond donors (Lipinski definition) is 1. The Hall–Kier alpha value is -2.15. The Balaban J connectivity index is 1.85. The van der Waals surface area contributed by atoms with Gasteiger partial charge in [-0.15, -0.1) is 0 Å². The van der Waals surface area contributed by atoms with Crippen LogP contribution in [0.4, 0.5) is 5.69 Å². The van der Waals surface area contributed by atoms with E-state index in [9.17, 15) is 14.9 Å². The molecule has 1 aromatic rings. The molecular formula is C18H27N3O4. The average molecular weight is 349 g/mol. The third-order valence-corrected chi connectivity index (χ3v) is 4.57. The van der Waals surface area contributed by atoms with Crippen LogP contribution in [-0.4, -0.2) is 48.0 Å². The van der Waals surface area contributed by atoms with E-state index < -0.39 is 4.92 Å². The van der Waals surface area contributed by atoms with Crippen LogP contribution in [0.3, 0.4) is 0 Å². The summed E-state index contributed by atoms with van der Waals surface area (Å²) >= 11 is 0. The quantitative estimate of drug-likeness (QED) is 0.443. The molecule has 1 aliphatic heterocycles. The number of carbonyl (C=O) groups excluding carboxylic acids is 1. The van der Waals surface area contributed by atoms with E-state index in [1.807, 2.05) is 0 Å². The van der Waals surface area contributed by atoms with Crippen LogP contribution in [0, 0.1) is 10.1 Å². The third-order valence-electron chi connectivity index (χ3n) is 4.57. The predicted molar refractivity (Wildman–Crippen MR) is 96.1 cm³/mol. The zero-order chi connectivity index (χ0) is 18.2. The highest BCUT2D eigenvalue weighted by atomic mass is 16.6. The minimum atomic E-state index is -0.528. The number of nitro benzene ring substituents is 1. The van der Waals surface area contributed by atoms with E-state index in [1.54, 1.807) is 13.0 Å². The molecule has 25 heavy (non-hydrogen) atoms. The Bertz CT molecular complexity index is 606. The topological polar surface area (TPSA) is 84.7 Å². The number of nitro groups is 1. The first-order chi connectivity index (χ1) is 12.0. The lowest BCUT2D eigenvalue weighted by Gasteiger charge is -2.33. The number of benzene rings is 1. The lowest BCUT2D eigenvalue weighted by atomic mass is 10.0. The Morgan fingerprint density at radius 1 is 1.44 bits per heavy atom. The first-order valence-electron chi connectivity index (χ1n) is 8.96. The second-order valence-corrected chi connectivity index (χ2v) is 6.36. The van der Waals surface area contributed by atoms with Gasteiger partial charge in [0.05, 0.1) is 11.5 Å². The Morgan fingerprint density at radius 3 is 2.92 bits per heavy atom. The summed E-state index contributed by atoms with van der Waals surface area (Å²) in [6.45, 7) is 6.99. The highest BCUT2D eigenvalue weighted by Gasteiger charge is 2.19. The predicted octanol–water partition coefficient (Wildman–Crippen LogP) is 2.99. The molecule has 0 aromatic heterocycles. The minimum Gasteiger partial charge on any atom is -0.487 e. The van der Waals surface area contributed by atoms with E-state index >= 15 is 0 Å². The van der Waals surface area contributed by atoms with Gasteiger partial charge < -0.3 is 15.0 Å². The van der Waals surface area contributed by atoms with Gasteiger partial charge in [0, 0.05) is 30.8 Å².